The van der Waals surface area contributed by atoms with Gasteiger partial charge >= 0.3 is 0 Å². The zero-order valence-electron chi connectivity index (χ0n) is 10.4. The number of anilines is 1. The van der Waals surface area contributed by atoms with Crippen molar-refractivity contribution in [2.24, 2.45) is 10.9 Å². The predicted molar refractivity (Wildman–Crippen MR) is 75.8 cm³/mol. The van der Waals surface area contributed by atoms with Gasteiger partial charge in [0.1, 0.15) is 5.82 Å². The van der Waals surface area contributed by atoms with Crippen molar-refractivity contribution >= 4 is 22.6 Å². The Morgan fingerprint density at radius 1 is 1.39 bits per heavy atom. The number of benzene rings is 1. The number of amidine groups is 1. The summed E-state index contributed by atoms with van der Waals surface area (Å²) in [4.78, 5) is 4.74. The van der Waals surface area contributed by atoms with Crippen molar-refractivity contribution in [2.75, 3.05) is 11.1 Å². The molecule has 1 saturated carbocycles. The summed E-state index contributed by atoms with van der Waals surface area (Å²) < 4.78 is 13.5. The summed E-state index contributed by atoms with van der Waals surface area (Å²) >= 11 is 1.76. The topological polar surface area (TPSA) is 24.4 Å². The molecule has 0 bridgehead atoms. The Bertz CT molecular complexity index is 487. The van der Waals surface area contributed by atoms with Gasteiger partial charge in [0.05, 0.1) is 6.04 Å². The first kappa shape index (κ1) is 12.0. The lowest BCUT2D eigenvalue weighted by Gasteiger charge is -2.23. The number of halogens is 1. The fourth-order valence-electron chi connectivity index (χ4n) is 2.62. The highest BCUT2D eigenvalue weighted by atomic mass is 32.2. The van der Waals surface area contributed by atoms with E-state index in [0.29, 0.717) is 11.6 Å². The van der Waals surface area contributed by atoms with Gasteiger partial charge in [-0.25, -0.2) is 4.39 Å². The SMILES string of the molecule is Cc1ccc(NC2=NC3CCCC3CS2)cc1F. The van der Waals surface area contributed by atoms with Crippen LogP contribution in [-0.4, -0.2) is 17.0 Å². The van der Waals surface area contributed by atoms with Gasteiger partial charge in [0.25, 0.3) is 0 Å². The normalized spacial score (nSPS) is 26.7. The van der Waals surface area contributed by atoms with Crippen LogP contribution < -0.4 is 5.32 Å². The van der Waals surface area contributed by atoms with Crippen LogP contribution >= 0.6 is 11.8 Å². The van der Waals surface area contributed by atoms with Crippen LogP contribution in [0.4, 0.5) is 10.1 Å². The summed E-state index contributed by atoms with van der Waals surface area (Å²) in [5, 5.41) is 4.18. The third-order valence-electron chi connectivity index (χ3n) is 3.76. The van der Waals surface area contributed by atoms with Crippen LogP contribution in [0.3, 0.4) is 0 Å². The molecule has 96 valence electrons. The van der Waals surface area contributed by atoms with Crippen molar-refractivity contribution in [2.45, 2.75) is 32.2 Å². The van der Waals surface area contributed by atoms with E-state index in [2.05, 4.69) is 5.32 Å². The minimum atomic E-state index is -0.167. The Balaban J connectivity index is 1.74. The van der Waals surface area contributed by atoms with E-state index in [-0.39, 0.29) is 5.82 Å². The van der Waals surface area contributed by atoms with Crippen LogP contribution in [0.15, 0.2) is 23.2 Å². The van der Waals surface area contributed by atoms with Gasteiger partial charge in [0.2, 0.25) is 0 Å². The molecule has 2 aliphatic rings. The Morgan fingerprint density at radius 3 is 3.11 bits per heavy atom. The van der Waals surface area contributed by atoms with Gasteiger partial charge in [-0.1, -0.05) is 24.2 Å². The highest BCUT2D eigenvalue weighted by Gasteiger charge is 2.30. The molecule has 1 heterocycles. The van der Waals surface area contributed by atoms with Crippen LogP contribution in [0.1, 0.15) is 24.8 Å². The number of nitrogens with one attached hydrogen (secondary N) is 1. The fourth-order valence-corrected chi connectivity index (χ4v) is 3.78. The van der Waals surface area contributed by atoms with E-state index < -0.39 is 0 Å². The lowest BCUT2D eigenvalue weighted by atomic mass is 10.1. The second-order valence-electron chi connectivity index (χ2n) is 5.09. The zero-order chi connectivity index (χ0) is 12.5. The van der Waals surface area contributed by atoms with Gasteiger partial charge in [0, 0.05) is 11.4 Å². The fraction of sp³-hybridized carbons (Fsp3) is 0.500. The minimum Gasteiger partial charge on any atom is -0.335 e. The highest BCUT2D eigenvalue weighted by molar-refractivity contribution is 8.14. The van der Waals surface area contributed by atoms with Gasteiger partial charge < -0.3 is 5.32 Å². The number of nitrogens with zero attached hydrogens (tertiary/aromatic N) is 1. The maximum Gasteiger partial charge on any atom is 0.161 e. The first-order valence-corrected chi connectivity index (χ1v) is 7.45. The number of fused-ring (bicyclic) bond motifs is 1. The van der Waals surface area contributed by atoms with Crippen LogP contribution in [0, 0.1) is 18.7 Å². The lowest BCUT2D eigenvalue weighted by Crippen LogP contribution is -2.25. The Morgan fingerprint density at radius 2 is 2.28 bits per heavy atom. The van der Waals surface area contributed by atoms with E-state index in [0.717, 1.165) is 22.5 Å². The molecule has 0 radical (unpaired) electrons. The molecule has 0 aromatic heterocycles. The van der Waals surface area contributed by atoms with Crippen molar-refractivity contribution in [3.63, 3.8) is 0 Å². The van der Waals surface area contributed by atoms with Crippen molar-refractivity contribution in [1.29, 1.82) is 0 Å². The molecule has 2 unspecified atom stereocenters. The average molecular weight is 264 g/mol. The average Bonchev–Trinajstić information content (AvgIpc) is 2.81. The Labute approximate surface area is 111 Å². The molecule has 1 aliphatic heterocycles. The molecule has 18 heavy (non-hydrogen) atoms. The standard InChI is InChI=1S/C14H17FN2S/c1-9-5-6-11(7-12(9)15)16-14-17-13-4-2-3-10(13)8-18-14/h5-7,10,13H,2-4,8H2,1H3,(H,16,17). The van der Waals surface area contributed by atoms with Gasteiger partial charge in [-0.05, 0) is 43.4 Å². The second-order valence-corrected chi connectivity index (χ2v) is 6.10. The number of hydrogen-bond acceptors (Lipinski definition) is 3. The molecule has 0 amide bonds. The second kappa shape index (κ2) is 4.92. The summed E-state index contributed by atoms with van der Waals surface area (Å²) in [6.07, 6.45) is 3.82. The van der Waals surface area contributed by atoms with Crippen LogP contribution in [0.2, 0.25) is 0 Å². The first-order chi connectivity index (χ1) is 8.72. The van der Waals surface area contributed by atoms with Gasteiger partial charge in [0.15, 0.2) is 5.17 Å². The Hall–Kier alpha value is -1.03. The summed E-state index contributed by atoms with van der Waals surface area (Å²) in [6, 6.07) is 5.73. The molecular formula is C14H17FN2S. The molecule has 0 saturated heterocycles. The third kappa shape index (κ3) is 2.39. The monoisotopic (exact) mass is 264 g/mol. The van der Waals surface area contributed by atoms with Gasteiger partial charge in [-0.3, -0.25) is 4.99 Å². The molecule has 0 spiro atoms. The largest absolute Gasteiger partial charge is 0.335 e. The predicted octanol–water partition coefficient (Wildman–Crippen LogP) is 3.82. The van der Waals surface area contributed by atoms with E-state index in [9.17, 15) is 4.39 Å². The molecule has 1 aromatic rings. The number of aryl methyl sites for hydroxylation is 1. The molecular weight excluding hydrogens is 247 g/mol. The molecule has 4 heteroatoms. The van der Waals surface area contributed by atoms with E-state index in [4.69, 9.17) is 4.99 Å². The van der Waals surface area contributed by atoms with E-state index >= 15 is 0 Å². The minimum absolute atomic E-state index is 0.167. The lowest BCUT2D eigenvalue weighted by molar-refractivity contribution is 0.535. The molecule has 1 fully saturated rings. The number of aliphatic imine (C=N–C) groups is 1. The molecule has 2 nitrogen and oxygen atoms in total. The molecule has 1 aliphatic carbocycles. The van der Waals surface area contributed by atoms with Crippen molar-refractivity contribution in [1.82, 2.24) is 0 Å². The van der Waals surface area contributed by atoms with Crippen LogP contribution in [-0.2, 0) is 0 Å². The quantitative estimate of drug-likeness (QED) is 0.834. The smallest absolute Gasteiger partial charge is 0.161 e. The van der Waals surface area contributed by atoms with Crippen molar-refractivity contribution in [3.05, 3.63) is 29.6 Å². The van der Waals surface area contributed by atoms with Crippen molar-refractivity contribution < 1.29 is 4.39 Å². The van der Waals surface area contributed by atoms with Crippen LogP contribution in [0.5, 0.6) is 0 Å². The van der Waals surface area contributed by atoms with Crippen molar-refractivity contribution in [3.8, 4) is 0 Å². The molecule has 3 rings (SSSR count). The number of thioether (sulfide) groups is 1. The maximum absolute atomic E-state index is 13.5. The highest BCUT2D eigenvalue weighted by Crippen LogP contribution is 2.35. The molecule has 2 atom stereocenters. The van der Waals surface area contributed by atoms with Gasteiger partial charge in [-0.2, -0.15) is 0 Å². The first-order valence-electron chi connectivity index (χ1n) is 6.46. The summed E-state index contributed by atoms with van der Waals surface area (Å²) in [6.45, 7) is 1.77. The summed E-state index contributed by atoms with van der Waals surface area (Å²) in [5.74, 6) is 1.74. The maximum atomic E-state index is 13.5. The van der Waals surface area contributed by atoms with E-state index in [1.807, 2.05) is 6.07 Å². The van der Waals surface area contributed by atoms with E-state index in [1.54, 1.807) is 30.8 Å². The molecule has 1 aromatic carbocycles. The number of rotatable bonds is 1. The van der Waals surface area contributed by atoms with Crippen LogP contribution in [0.25, 0.3) is 0 Å². The number of hydrogen-bond donors (Lipinski definition) is 1. The van der Waals surface area contributed by atoms with E-state index in [1.165, 1.54) is 19.3 Å². The molecule has 1 N–H and O–H groups in total. The summed E-state index contributed by atoms with van der Waals surface area (Å²) in [7, 11) is 0. The zero-order valence-corrected chi connectivity index (χ0v) is 11.3. The van der Waals surface area contributed by atoms with Gasteiger partial charge in [-0.15, -0.1) is 0 Å². The summed E-state index contributed by atoms with van der Waals surface area (Å²) in [5.41, 5.74) is 1.47. The third-order valence-corrected chi connectivity index (χ3v) is 4.83. The Kier molecular flexibility index (Phi) is 3.29.